The van der Waals surface area contributed by atoms with Crippen molar-refractivity contribution >= 4 is 11.9 Å². The first-order chi connectivity index (χ1) is 14.4. The second kappa shape index (κ2) is 7.62. The van der Waals surface area contributed by atoms with Gasteiger partial charge < -0.3 is 29.2 Å². The molecule has 1 atom stereocenters. The van der Waals surface area contributed by atoms with Crippen LogP contribution in [0.25, 0.3) is 0 Å². The molecular weight excluding hydrogens is 392 g/mol. The zero-order valence-electron chi connectivity index (χ0n) is 16.7. The van der Waals surface area contributed by atoms with Crippen LogP contribution in [-0.4, -0.2) is 48.6 Å². The summed E-state index contributed by atoms with van der Waals surface area (Å²) in [5.41, 5.74) is 0.965. The molecule has 4 rings (SSSR count). The number of ether oxygens (including phenoxy) is 4. The minimum atomic E-state index is -1.32. The van der Waals surface area contributed by atoms with E-state index in [9.17, 15) is 9.59 Å². The normalized spacial score (nSPS) is 19.2. The molecule has 30 heavy (non-hydrogen) atoms. The van der Waals surface area contributed by atoms with Crippen LogP contribution in [0.4, 0.5) is 0 Å². The maximum absolute atomic E-state index is 13.2. The summed E-state index contributed by atoms with van der Waals surface area (Å²) in [6.07, 6.45) is -0.182. The molecule has 8 heteroatoms. The van der Waals surface area contributed by atoms with Crippen LogP contribution in [0, 0.1) is 13.8 Å². The molecule has 0 radical (unpaired) electrons. The van der Waals surface area contributed by atoms with Gasteiger partial charge in [-0.2, -0.15) is 0 Å². The van der Waals surface area contributed by atoms with Crippen LogP contribution >= 0.6 is 0 Å². The van der Waals surface area contributed by atoms with E-state index < -0.39 is 17.4 Å². The van der Waals surface area contributed by atoms with Crippen molar-refractivity contribution < 1.29 is 38.7 Å². The molecule has 2 heterocycles. The highest BCUT2D eigenvalue weighted by Gasteiger charge is 2.57. The number of benzene rings is 2. The van der Waals surface area contributed by atoms with Crippen molar-refractivity contribution in [2.24, 2.45) is 0 Å². The van der Waals surface area contributed by atoms with Gasteiger partial charge in [0, 0.05) is 22.3 Å². The Morgan fingerprint density at radius 1 is 0.867 bits per heavy atom. The summed E-state index contributed by atoms with van der Waals surface area (Å²) < 4.78 is 22.2. The monoisotopic (exact) mass is 414 g/mol. The van der Waals surface area contributed by atoms with Crippen molar-refractivity contribution in [3.05, 3.63) is 46.5 Å². The van der Waals surface area contributed by atoms with Crippen molar-refractivity contribution in [1.82, 2.24) is 0 Å². The van der Waals surface area contributed by atoms with E-state index in [0.717, 1.165) is 0 Å². The third kappa shape index (κ3) is 2.91. The van der Waals surface area contributed by atoms with Crippen molar-refractivity contribution in [3.63, 3.8) is 0 Å². The van der Waals surface area contributed by atoms with Gasteiger partial charge in [-0.3, -0.25) is 9.59 Å². The Morgan fingerprint density at radius 2 is 1.37 bits per heavy atom. The van der Waals surface area contributed by atoms with Gasteiger partial charge in [-0.25, -0.2) is 0 Å². The number of carbonyl (C=O) groups excluding carboxylic acids is 2. The number of hydrogen-bond donors (Lipinski definition) is 2. The molecule has 0 fully saturated rings. The molecule has 0 aliphatic carbocycles. The van der Waals surface area contributed by atoms with Gasteiger partial charge in [0.15, 0.2) is 0 Å². The number of carbonyl (C=O) groups is 2. The summed E-state index contributed by atoms with van der Waals surface area (Å²) >= 11 is 0. The number of rotatable bonds is 6. The molecule has 2 aromatic rings. The molecule has 2 aliphatic heterocycles. The lowest BCUT2D eigenvalue weighted by molar-refractivity contribution is -0.145. The minimum Gasteiger partial charge on any atom is -0.491 e. The number of aliphatic hydroxyl groups excluding tert-OH is 2. The number of hydrogen-bond acceptors (Lipinski definition) is 8. The second-order valence-corrected chi connectivity index (χ2v) is 7.22. The SMILES string of the molecule is Cc1c(OCCO)ccc2c1OC(=O)CC21C(=O)Oc2c1ccc(OCCO)c2C. The molecule has 0 bridgehead atoms. The van der Waals surface area contributed by atoms with Gasteiger partial charge in [-0.15, -0.1) is 0 Å². The van der Waals surface area contributed by atoms with E-state index in [1.807, 2.05) is 0 Å². The Hall–Kier alpha value is -3.10. The Morgan fingerprint density at radius 3 is 1.87 bits per heavy atom. The van der Waals surface area contributed by atoms with Gasteiger partial charge in [0.05, 0.1) is 19.6 Å². The van der Waals surface area contributed by atoms with Gasteiger partial charge in [-0.1, -0.05) is 12.1 Å². The first-order valence-corrected chi connectivity index (χ1v) is 9.62. The summed E-state index contributed by atoms with van der Waals surface area (Å²) in [6, 6.07) is 6.82. The molecule has 2 aliphatic rings. The van der Waals surface area contributed by atoms with Crippen LogP contribution < -0.4 is 18.9 Å². The summed E-state index contributed by atoms with van der Waals surface area (Å²) in [6.45, 7) is 3.41. The number of esters is 2. The standard InChI is InChI=1S/C22H22O8/c1-12-16(27-9-7-23)5-3-14-19(12)29-18(25)11-22(14)15-4-6-17(28-10-8-24)13(2)20(15)30-21(22)26/h3-6,23-24H,7-11H2,1-2H3. The van der Waals surface area contributed by atoms with Crippen LogP contribution in [0.15, 0.2) is 24.3 Å². The molecule has 0 saturated carbocycles. The third-order valence-corrected chi connectivity index (χ3v) is 5.50. The van der Waals surface area contributed by atoms with Gasteiger partial charge in [0.2, 0.25) is 0 Å². The fourth-order valence-electron chi connectivity index (χ4n) is 4.08. The van der Waals surface area contributed by atoms with Gasteiger partial charge in [0.25, 0.3) is 0 Å². The van der Waals surface area contributed by atoms with Crippen molar-refractivity contribution in [3.8, 4) is 23.0 Å². The lowest BCUT2D eigenvalue weighted by Crippen LogP contribution is -2.42. The van der Waals surface area contributed by atoms with Crippen molar-refractivity contribution in [2.75, 3.05) is 26.4 Å². The van der Waals surface area contributed by atoms with E-state index >= 15 is 0 Å². The van der Waals surface area contributed by atoms with E-state index in [-0.39, 0.29) is 38.6 Å². The molecule has 2 aromatic carbocycles. The van der Waals surface area contributed by atoms with E-state index in [1.165, 1.54) is 0 Å². The maximum atomic E-state index is 13.2. The van der Waals surface area contributed by atoms with Crippen molar-refractivity contribution in [1.29, 1.82) is 0 Å². The first-order valence-electron chi connectivity index (χ1n) is 9.62. The van der Waals surface area contributed by atoms with E-state index in [4.69, 9.17) is 29.2 Å². The third-order valence-electron chi connectivity index (χ3n) is 5.50. The van der Waals surface area contributed by atoms with Gasteiger partial charge in [-0.05, 0) is 26.0 Å². The largest absolute Gasteiger partial charge is 0.491 e. The predicted molar refractivity (Wildman–Crippen MR) is 104 cm³/mol. The first kappa shape index (κ1) is 20.2. The molecule has 0 aromatic heterocycles. The van der Waals surface area contributed by atoms with Crippen LogP contribution in [0.1, 0.15) is 28.7 Å². The molecule has 8 nitrogen and oxygen atoms in total. The number of fused-ring (bicyclic) bond motifs is 4. The topological polar surface area (TPSA) is 112 Å². The zero-order valence-corrected chi connectivity index (χ0v) is 16.7. The maximum Gasteiger partial charge on any atom is 0.327 e. The van der Waals surface area contributed by atoms with Crippen LogP contribution in [0.3, 0.4) is 0 Å². The van der Waals surface area contributed by atoms with Crippen LogP contribution in [0.2, 0.25) is 0 Å². The Balaban J connectivity index is 1.87. The predicted octanol–water partition coefficient (Wildman–Crippen LogP) is 1.56. The smallest absolute Gasteiger partial charge is 0.327 e. The Labute approximate surface area is 172 Å². The van der Waals surface area contributed by atoms with E-state index in [1.54, 1.807) is 38.1 Å². The van der Waals surface area contributed by atoms with E-state index in [2.05, 4.69) is 0 Å². The lowest BCUT2D eigenvalue weighted by Gasteiger charge is -2.32. The van der Waals surface area contributed by atoms with Crippen LogP contribution in [0.5, 0.6) is 23.0 Å². The second-order valence-electron chi connectivity index (χ2n) is 7.22. The van der Waals surface area contributed by atoms with Gasteiger partial charge >= 0.3 is 11.9 Å². The summed E-state index contributed by atoms with van der Waals surface area (Å²) in [5, 5.41) is 18.0. The number of aliphatic hydroxyl groups is 2. The highest BCUT2D eigenvalue weighted by molar-refractivity contribution is 6.01. The Bertz CT molecular complexity index is 1030. The quantitative estimate of drug-likeness (QED) is 0.541. The fourth-order valence-corrected chi connectivity index (χ4v) is 4.08. The molecule has 0 amide bonds. The van der Waals surface area contributed by atoms with Gasteiger partial charge in [0.1, 0.15) is 41.6 Å². The van der Waals surface area contributed by atoms with Crippen LogP contribution in [-0.2, 0) is 15.0 Å². The highest BCUT2D eigenvalue weighted by Crippen LogP contribution is 2.55. The molecule has 1 spiro atoms. The fraction of sp³-hybridized carbons (Fsp3) is 0.364. The molecule has 158 valence electrons. The Kier molecular flexibility index (Phi) is 5.13. The zero-order chi connectivity index (χ0) is 21.5. The molecule has 2 N–H and O–H groups in total. The summed E-state index contributed by atoms with van der Waals surface area (Å²) in [4.78, 5) is 25.7. The molecule has 0 saturated heterocycles. The lowest BCUT2D eigenvalue weighted by atomic mass is 9.70. The minimum absolute atomic E-state index is 0.0966. The van der Waals surface area contributed by atoms with E-state index in [0.29, 0.717) is 39.5 Å². The van der Waals surface area contributed by atoms with Crippen molar-refractivity contribution in [2.45, 2.75) is 25.7 Å². The summed E-state index contributed by atoms with van der Waals surface area (Å²) in [7, 11) is 0. The average Bonchev–Trinajstić information content (AvgIpc) is 3.00. The molecule has 1 unspecified atom stereocenters. The molecular formula is C22H22O8. The summed E-state index contributed by atoms with van der Waals surface area (Å²) in [5.74, 6) is 0.478. The highest BCUT2D eigenvalue weighted by atomic mass is 16.6. The average molecular weight is 414 g/mol.